The summed E-state index contributed by atoms with van der Waals surface area (Å²) < 4.78 is 13.4. The molecule has 0 unspecified atom stereocenters. The second-order valence-electron chi connectivity index (χ2n) is 13.0. The molecule has 0 aromatic heterocycles. The average molecular weight is 1100 g/mol. The Kier molecular flexibility index (Phi) is 20.4. The summed E-state index contributed by atoms with van der Waals surface area (Å²) in [5, 5.41) is 0. The van der Waals surface area contributed by atoms with Crippen LogP contribution in [0.15, 0.2) is 273 Å². The van der Waals surface area contributed by atoms with E-state index < -0.39 is 49.5 Å². The standard InChI is InChI=1S/2C18H15As.3C6H5.CO.Rh.Sb.3H/c2*1-4-10-16(11-5-1)19(17-12-6-2-7-13-17)18-14-8-3-9-15-18;3*1-2-4-6-5-3-1;1-2;;;;;/h2*1-15H;3*1-5H;;;;;;/q;;;;;;+3;;3*-1. The van der Waals surface area contributed by atoms with Gasteiger partial charge >= 0.3 is 379 Å². The fraction of sp³-hybridized carbons (Fsp3) is 0. The van der Waals surface area contributed by atoms with Crippen LogP contribution < -0.4 is 36.6 Å². The number of hydrogen-bond donors (Lipinski definition) is 0. The van der Waals surface area contributed by atoms with E-state index >= 15 is 0 Å². The van der Waals surface area contributed by atoms with Crippen molar-refractivity contribution in [1.29, 1.82) is 0 Å². The van der Waals surface area contributed by atoms with Gasteiger partial charge in [0.05, 0.1) is 0 Å². The van der Waals surface area contributed by atoms with Crippen LogP contribution in [0.2, 0.25) is 0 Å². The van der Waals surface area contributed by atoms with Crippen molar-refractivity contribution in [2.75, 3.05) is 0 Å². The summed E-state index contributed by atoms with van der Waals surface area (Å²) in [6.07, 6.45) is 0. The summed E-state index contributed by atoms with van der Waals surface area (Å²) in [4.78, 5) is 7.50. The van der Waals surface area contributed by atoms with Gasteiger partial charge in [-0.2, -0.15) is 0 Å². The Bertz CT molecular complexity index is 1910. The van der Waals surface area contributed by atoms with Crippen molar-refractivity contribution >= 4 is 92.9 Å². The SMILES string of the molecule is [C]=O.[H-].[H-].[H-].[Rh+3].c1cc[c]([Sb]([c]2ccccc2)[c]2ccccc2)cc1.c1ccc([As](c2ccccc2)c2ccccc2)cc1.c1ccc([As](c2ccccc2)c2ccccc2)cc1. The minimum atomic E-state index is -1.83. The van der Waals surface area contributed by atoms with E-state index in [2.05, 4.69) is 280 Å². The average Bonchev–Trinajstić information content (AvgIpc) is 3.34. The third-order valence-corrected chi connectivity index (χ3v) is 26.4. The first-order valence-corrected chi connectivity index (χ1v) is 28.9. The Morgan fingerprint density at radius 1 is 0.250 bits per heavy atom. The Balaban J connectivity index is 0.000000309. The van der Waals surface area contributed by atoms with Crippen LogP contribution in [-0.2, 0) is 24.3 Å². The zero-order chi connectivity index (χ0) is 40.7. The van der Waals surface area contributed by atoms with Gasteiger partial charge in [0.2, 0.25) is 0 Å². The fourth-order valence-corrected chi connectivity index (χ4v) is 22.8. The van der Waals surface area contributed by atoms with Gasteiger partial charge in [-0.1, -0.05) is 0 Å². The van der Waals surface area contributed by atoms with Gasteiger partial charge in [0.25, 0.3) is 6.79 Å². The van der Waals surface area contributed by atoms with Crippen LogP contribution in [0.25, 0.3) is 0 Å². The van der Waals surface area contributed by atoms with Crippen LogP contribution in [0.1, 0.15) is 4.28 Å². The van der Waals surface area contributed by atoms with Crippen molar-refractivity contribution in [3.8, 4) is 0 Å². The molecule has 298 valence electrons. The van der Waals surface area contributed by atoms with Crippen molar-refractivity contribution in [2.24, 2.45) is 0 Å². The summed E-state index contributed by atoms with van der Waals surface area (Å²) in [7, 11) is 0. The Hall–Kier alpha value is -4.79. The van der Waals surface area contributed by atoms with Crippen LogP contribution >= 0.6 is 0 Å². The van der Waals surface area contributed by atoms with Crippen molar-refractivity contribution in [3.05, 3.63) is 273 Å². The van der Waals surface area contributed by atoms with Crippen molar-refractivity contribution < 1.29 is 28.6 Å². The van der Waals surface area contributed by atoms with Crippen LogP contribution in [0.5, 0.6) is 0 Å². The zero-order valence-corrected chi connectivity index (χ0v) is 41.0. The molecule has 2 radical (unpaired) electrons. The summed E-state index contributed by atoms with van der Waals surface area (Å²) >= 11 is -4.61. The predicted molar refractivity (Wildman–Crippen MR) is 261 cm³/mol. The van der Waals surface area contributed by atoms with E-state index in [1.54, 1.807) is 0 Å². The van der Waals surface area contributed by atoms with E-state index in [-0.39, 0.29) is 23.8 Å². The molecular weight excluding hydrogens is 1050 g/mol. The number of benzene rings is 9. The second-order valence-corrected chi connectivity index (χ2v) is 28.7. The molecule has 0 amide bonds. The summed E-state index contributed by atoms with van der Waals surface area (Å²) in [5.41, 5.74) is 0. The van der Waals surface area contributed by atoms with Crippen molar-refractivity contribution in [2.45, 2.75) is 0 Å². The molecular formula is C55H48As2ORhSb. The van der Waals surface area contributed by atoms with E-state index in [1.807, 2.05) is 0 Å². The third kappa shape index (κ3) is 13.6. The molecule has 0 fully saturated rings. The number of hydrogen-bond acceptors (Lipinski definition) is 1. The fourth-order valence-electron chi connectivity index (χ4n) is 6.54. The quantitative estimate of drug-likeness (QED) is 0.150. The topological polar surface area (TPSA) is 17.1 Å². The molecule has 0 heterocycles. The molecule has 0 bridgehead atoms. The second kappa shape index (κ2) is 26.4. The van der Waals surface area contributed by atoms with E-state index in [0.29, 0.717) is 0 Å². The first kappa shape index (κ1) is 46.3. The van der Waals surface area contributed by atoms with Gasteiger partial charge < -0.3 is 4.28 Å². The van der Waals surface area contributed by atoms with E-state index in [9.17, 15) is 0 Å². The molecule has 9 aromatic rings. The summed E-state index contributed by atoms with van der Waals surface area (Å²) in [5.74, 6) is 0. The van der Waals surface area contributed by atoms with Gasteiger partial charge in [-0.15, -0.1) is 0 Å². The van der Waals surface area contributed by atoms with Gasteiger partial charge in [-0.3, -0.25) is 4.79 Å². The first-order chi connectivity index (χ1) is 29.3. The molecule has 0 spiro atoms. The van der Waals surface area contributed by atoms with Crippen molar-refractivity contribution in [3.63, 3.8) is 0 Å². The van der Waals surface area contributed by atoms with Crippen LogP contribution in [0, 0.1) is 0 Å². The Labute approximate surface area is 390 Å². The molecule has 0 N–H and O–H groups in total. The molecule has 0 aliphatic heterocycles. The molecule has 0 aliphatic carbocycles. The van der Waals surface area contributed by atoms with Crippen LogP contribution in [-0.4, -0.2) is 56.3 Å². The van der Waals surface area contributed by atoms with E-state index in [4.69, 9.17) is 4.79 Å². The summed E-state index contributed by atoms with van der Waals surface area (Å²) in [6, 6.07) is 98.3. The number of carbonyl (C=O) groups excluding carboxylic acids is 1. The molecule has 0 saturated heterocycles. The third-order valence-electron chi connectivity index (χ3n) is 9.13. The van der Waals surface area contributed by atoms with Gasteiger partial charge in [0.15, 0.2) is 0 Å². The Morgan fingerprint density at radius 2 is 0.383 bits per heavy atom. The molecule has 0 saturated carbocycles. The molecule has 5 heteroatoms. The monoisotopic (exact) mass is 1100 g/mol. The van der Waals surface area contributed by atoms with Crippen LogP contribution in [0.4, 0.5) is 0 Å². The molecule has 60 heavy (non-hydrogen) atoms. The van der Waals surface area contributed by atoms with Gasteiger partial charge in [0.1, 0.15) is 0 Å². The maximum absolute atomic E-state index is 7.50. The van der Waals surface area contributed by atoms with Crippen LogP contribution in [0.3, 0.4) is 0 Å². The first-order valence-electron chi connectivity index (χ1n) is 19.4. The molecule has 1 nitrogen and oxygen atoms in total. The maximum atomic E-state index is 7.50. The molecule has 0 atom stereocenters. The van der Waals surface area contributed by atoms with Gasteiger partial charge in [0, 0.05) is 0 Å². The van der Waals surface area contributed by atoms with E-state index in [1.165, 1.54) is 36.6 Å². The minimum absolute atomic E-state index is 0. The summed E-state index contributed by atoms with van der Waals surface area (Å²) in [6.45, 7) is 4.50. The molecule has 9 rings (SSSR count). The molecule has 9 aromatic carbocycles. The number of rotatable bonds is 9. The molecule has 0 aliphatic rings. The zero-order valence-electron chi connectivity index (χ0n) is 36.1. The normalized spacial score (nSPS) is 10.1. The van der Waals surface area contributed by atoms with Gasteiger partial charge in [-0.05, 0) is 0 Å². The van der Waals surface area contributed by atoms with Gasteiger partial charge in [-0.25, -0.2) is 0 Å². The van der Waals surface area contributed by atoms with E-state index in [0.717, 1.165) is 0 Å². The van der Waals surface area contributed by atoms with Crippen molar-refractivity contribution in [1.82, 2.24) is 0 Å². The Morgan fingerprint density at radius 3 is 0.533 bits per heavy atom. The predicted octanol–water partition coefficient (Wildman–Crippen LogP) is 6.55.